The average molecular weight is 388 g/mol. The quantitative estimate of drug-likeness (QED) is 0.373. The van der Waals surface area contributed by atoms with Crippen molar-refractivity contribution >= 4 is 26.4 Å². The molecule has 1 fully saturated rings. The smallest absolute Gasteiger partial charge is 0.269 e. The first-order chi connectivity index (χ1) is 13.0. The molecule has 0 amide bonds. The van der Waals surface area contributed by atoms with E-state index < -0.39 is 14.8 Å². The molecule has 27 heavy (non-hydrogen) atoms. The van der Waals surface area contributed by atoms with E-state index in [1.54, 1.807) is 35.2 Å². The van der Waals surface area contributed by atoms with E-state index in [4.69, 9.17) is 0 Å². The van der Waals surface area contributed by atoms with Gasteiger partial charge in [-0.05, 0) is 43.5 Å². The van der Waals surface area contributed by atoms with Gasteiger partial charge in [0.25, 0.3) is 5.69 Å². The highest BCUT2D eigenvalue weighted by Crippen LogP contribution is 2.20. The molecular formula is C18H20N4O4S. The fraction of sp³-hybridized carbons (Fsp3) is 0.278. The van der Waals surface area contributed by atoms with Crippen molar-refractivity contribution in [2.24, 2.45) is 5.10 Å². The number of nitrogens with one attached hydrogen (secondary N) is 1. The standard InChI is InChI=1S/C18H20N4O4S/c23-22(24)16-11-9-15(10-12-16)19-20-18(21-13-5-2-6-14-21)27(25,26)17-7-3-1-4-8-17/h1,3-4,7-12,19H,2,5-6,13-14H2/b20-18+. The number of likely N-dealkylation sites (tertiary alicyclic amines) is 1. The number of nitrogens with zero attached hydrogens (tertiary/aromatic N) is 3. The van der Waals surface area contributed by atoms with Gasteiger partial charge in [0.2, 0.25) is 15.0 Å². The number of anilines is 1. The van der Waals surface area contributed by atoms with Crippen LogP contribution in [-0.4, -0.2) is 36.5 Å². The van der Waals surface area contributed by atoms with Crippen LogP contribution in [0.3, 0.4) is 0 Å². The maximum absolute atomic E-state index is 13.1. The summed E-state index contributed by atoms with van der Waals surface area (Å²) in [5.74, 6) is 0. The van der Waals surface area contributed by atoms with Crippen molar-refractivity contribution in [1.82, 2.24) is 4.90 Å². The van der Waals surface area contributed by atoms with Crippen LogP contribution >= 0.6 is 0 Å². The molecule has 2 aromatic rings. The van der Waals surface area contributed by atoms with Gasteiger partial charge in [0.1, 0.15) is 0 Å². The monoisotopic (exact) mass is 388 g/mol. The molecule has 9 heteroatoms. The van der Waals surface area contributed by atoms with E-state index in [1.807, 2.05) is 0 Å². The van der Waals surface area contributed by atoms with Crippen LogP contribution in [0.1, 0.15) is 19.3 Å². The number of rotatable bonds is 4. The van der Waals surface area contributed by atoms with Gasteiger partial charge < -0.3 is 4.90 Å². The Morgan fingerprint density at radius 3 is 2.22 bits per heavy atom. The predicted octanol–water partition coefficient (Wildman–Crippen LogP) is 3.24. The zero-order valence-corrected chi connectivity index (χ0v) is 15.4. The lowest BCUT2D eigenvalue weighted by Gasteiger charge is -2.29. The molecule has 8 nitrogen and oxygen atoms in total. The van der Waals surface area contributed by atoms with Gasteiger partial charge >= 0.3 is 0 Å². The van der Waals surface area contributed by atoms with Crippen molar-refractivity contribution < 1.29 is 13.3 Å². The van der Waals surface area contributed by atoms with E-state index in [2.05, 4.69) is 10.5 Å². The lowest BCUT2D eigenvalue weighted by Crippen LogP contribution is -2.40. The van der Waals surface area contributed by atoms with Gasteiger partial charge in [-0.15, -0.1) is 5.10 Å². The highest BCUT2D eigenvalue weighted by Gasteiger charge is 2.29. The Morgan fingerprint density at radius 2 is 1.63 bits per heavy atom. The number of hydrogen-bond acceptors (Lipinski definition) is 6. The van der Waals surface area contributed by atoms with Crippen LogP contribution in [0.5, 0.6) is 0 Å². The molecule has 0 atom stereocenters. The molecule has 0 unspecified atom stereocenters. The fourth-order valence-corrected chi connectivity index (χ4v) is 4.28. The molecule has 1 aliphatic heterocycles. The van der Waals surface area contributed by atoms with Crippen molar-refractivity contribution in [2.45, 2.75) is 24.2 Å². The molecule has 1 saturated heterocycles. The summed E-state index contributed by atoms with van der Waals surface area (Å²) in [7, 11) is -3.79. The zero-order valence-electron chi connectivity index (χ0n) is 14.6. The molecule has 1 aliphatic rings. The molecule has 1 N–H and O–H groups in total. The van der Waals surface area contributed by atoms with Gasteiger partial charge in [-0.3, -0.25) is 15.5 Å². The molecule has 2 aromatic carbocycles. The first kappa shape index (κ1) is 18.8. The second-order valence-electron chi connectivity index (χ2n) is 6.17. The number of nitro groups is 1. The second kappa shape index (κ2) is 8.17. The largest absolute Gasteiger partial charge is 0.345 e. The summed E-state index contributed by atoms with van der Waals surface area (Å²) in [5.41, 5.74) is 3.16. The maximum Gasteiger partial charge on any atom is 0.269 e. The molecule has 0 aliphatic carbocycles. The van der Waals surface area contributed by atoms with Gasteiger partial charge in [-0.2, -0.15) is 0 Å². The van der Waals surface area contributed by atoms with Crippen molar-refractivity contribution in [3.8, 4) is 0 Å². The summed E-state index contributed by atoms with van der Waals surface area (Å²) in [4.78, 5) is 12.2. The minimum atomic E-state index is -3.79. The molecule has 0 spiro atoms. The molecule has 0 bridgehead atoms. The summed E-state index contributed by atoms with van der Waals surface area (Å²) in [6.07, 6.45) is 2.87. The van der Waals surface area contributed by atoms with Crippen LogP contribution in [-0.2, 0) is 9.84 Å². The topological polar surface area (TPSA) is 105 Å². The molecular weight excluding hydrogens is 368 g/mol. The number of hydrogen-bond donors (Lipinski definition) is 1. The van der Waals surface area contributed by atoms with E-state index >= 15 is 0 Å². The van der Waals surface area contributed by atoms with E-state index in [9.17, 15) is 18.5 Å². The second-order valence-corrected chi connectivity index (χ2v) is 8.02. The molecule has 0 saturated carbocycles. The van der Waals surface area contributed by atoms with Gasteiger partial charge in [0.05, 0.1) is 15.5 Å². The fourth-order valence-electron chi connectivity index (χ4n) is 2.86. The normalized spacial score (nSPS) is 15.4. The van der Waals surface area contributed by atoms with Gasteiger partial charge in [-0.25, -0.2) is 8.42 Å². The Hall–Kier alpha value is -2.94. The maximum atomic E-state index is 13.1. The molecule has 142 valence electrons. The number of piperidine rings is 1. The average Bonchev–Trinajstić information content (AvgIpc) is 2.70. The zero-order chi connectivity index (χ0) is 19.3. The molecule has 1 heterocycles. The number of hydrazone groups is 1. The Morgan fingerprint density at radius 1 is 1.00 bits per heavy atom. The highest BCUT2D eigenvalue weighted by molar-refractivity contribution is 8.06. The number of non-ortho nitro benzene ring substituents is 1. The predicted molar refractivity (Wildman–Crippen MR) is 103 cm³/mol. The Bertz CT molecular complexity index is 922. The van der Waals surface area contributed by atoms with Crippen LogP contribution in [0.15, 0.2) is 64.6 Å². The molecule has 3 rings (SSSR count). The van der Waals surface area contributed by atoms with Gasteiger partial charge in [-0.1, -0.05) is 18.2 Å². The van der Waals surface area contributed by atoms with Crippen LogP contribution in [0.2, 0.25) is 0 Å². The summed E-state index contributed by atoms with van der Waals surface area (Å²) in [5, 5.41) is 14.9. The van der Waals surface area contributed by atoms with Crippen LogP contribution in [0.4, 0.5) is 11.4 Å². The Kier molecular flexibility index (Phi) is 5.70. The first-order valence-corrected chi connectivity index (χ1v) is 10.1. The van der Waals surface area contributed by atoms with Crippen molar-refractivity contribution in [3.05, 3.63) is 64.7 Å². The third-order valence-electron chi connectivity index (χ3n) is 4.28. The number of amidine groups is 1. The number of benzene rings is 2. The third-order valence-corrected chi connectivity index (χ3v) is 6.00. The van der Waals surface area contributed by atoms with Crippen molar-refractivity contribution in [1.29, 1.82) is 0 Å². The van der Waals surface area contributed by atoms with E-state index in [1.165, 1.54) is 24.3 Å². The van der Waals surface area contributed by atoms with E-state index in [0.717, 1.165) is 19.3 Å². The third kappa shape index (κ3) is 4.43. The first-order valence-electron chi connectivity index (χ1n) is 8.62. The highest BCUT2D eigenvalue weighted by atomic mass is 32.2. The SMILES string of the molecule is O=[N+]([O-])c1ccc(N/N=C(\N2CCCCC2)S(=O)(=O)c2ccccc2)cc1. The summed E-state index contributed by atoms with van der Waals surface area (Å²) in [6.45, 7) is 1.24. The van der Waals surface area contributed by atoms with Crippen molar-refractivity contribution in [3.63, 3.8) is 0 Å². The van der Waals surface area contributed by atoms with Gasteiger partial charge in [0.15, 0.2) is 0 Å². The Balaban J connectivity index is 1.92. The van der Waals surface area contributed by atoms with Crippen LogP contribution in [0, 0.1) is 10.1 Å². The lowest BCUT2D eigenvalue weighted by molar-refractivity contribution is -0.384. The summed E-state index contributed by atoms with van der Waals surface area (Å²) < 4.78 is 26.2. The lowest BCUT2D eigenvalue weighted by atomic mass is 10.1. The van der Waals surface area contributed by atoms with E-state index in [-0.39, 0.29) is 15.8 Å². The van der Waals surface area contributed by atoms with E-state index in [0.29, 0.717) is 18.8 Å². The molecule has 0 aromatic heterocycles. The number of nitro benzene ring substituents is 1. The minimum absolute atomic E-state index is 0.0354. The molecule has 0 radical (unpaired) electrons. The Labute approximate surface area is 157 Å². The minimum Gasteiger partial charge on any atom is -0.345 e. The number of sulfone groups is 1. The van der Waals surface area contributed by atoms with Gasteiger partial charge in [0, 0.05) is 25.2 Å². The summed E-state index contributed by atoms with van der Waals surface area (Å²) in [6, 6.07) is 13.8. The van der Waals surface area contributed by atoms with Crippen molar-refractivity contribution in [2.75, 3.05) is 18.5 Å². The van der Waals surface area contributed by atoms with Crippen LogP contribution < -0.4 is 5.43 Å². The van der Waals surface area contributed by atoms with Crippen LogP contribution in [0.25, 0.3) is 0 Å². The summed E-state index contributed by atoms with van der Waals surface area (Å²) >= 11 is 0.